The van der Waals surface area contributed by atoms with E-state index in [1.165, 1.54) is 6.26 Å². The minimum absolute atomic E-state index is 0.562. The lowest BCUT2D eigenvalue weighted by Gasteiger charge is -1.88. The van der Waals surface area contributed by atoms with Crippen molar-refractivity contribution in [3.05, 3.63) is 12.3 Å². The molecule has 0 radical (unpaired) electrons. The quantitative estimate of drug-likeness (QED) is 0.313. The van der Waals surface area contributed by atoms with Crippen molar-refractivity contribution in [3.8, 4) is 6.26 Å². The fraction of sp³-hybridized carbons (Fsp3) is 0. The number of nitriles is 1. The van der Waals surface area contributed by atoms with Crippen molar-refractivity contribution in [3.63, 3.8) is 0 Å². The minimum Gasteiger partial charge on any atom is -0.475 e. The Morgan fingerprint density at radius 3 is 2.50 bits per heavy atom. The Labute approximate surface area is 45.6 Å². The summed E-state index contributed by atoms with van der Waals surface area (Å²) < 4.78 is 3.81. The summed E-state index contributed by atoms with van der Waals surface area (Å²) in [6.07, 6.45) is 1.17. The molecule has 0 saturated carbocycles. The highest BCUT2D eigenvalue weighted by Crippen LogP contribution is 1.88. The van der Waals surface area contributed by atoms with E-state index in [0.717, 1.165) is 0 Å². The van der Waals surface area contributed by atoms with E-state index in [1.54, 1.807) is 0 Å². The molecule has 0 heterocycles. The molecule has 4 nitrogen and oxygen atoms in total. The van der Waals surface area contributed by atoms with Crippen LogP contribution in [0.25, 0.3) is 0 Å². The van der Waals surface area contributed by atoms with Crippen LogP contribution in [-0.4, -0.2) is 11.1 Å². The van der Waals surface area contributed by atoms with E-state index < -0.39 is 11.7 Å². The first-order valence-electron chi connectivity index (χ1n) is 1.66. The molecule has 0 rings (SSSR count). The van der Waals surface area contributed by atoms with Crippen molar-refractivity contribution in [1.29, 1.82) is 5.26 Å². The van der Waals surface area contributed by atoms with Gasteiger partial charge in [-0.15, -0.1) is 5.26 Å². The van der Waals surface area contributed by atoms with Gasteiger partial charge in [0, 0.05) is 0 Å². The summed E-state index contributed by atoms with van der Waals surface area (Å²) in [6, 6.07) is 0. The van der Waals surface area contributed by atoms with Crippen LogP contribution in [0.5, 0.6) is 0 Å². The molecule has 4 heteroatoms. The molecule has 0 aromatic carbocycles. The van der Waals surface area contributed by atoms with Gasteiger partial charge in [-0.1, -0.05) is 0 Å². The van der Waals surface area contributed by atoms with Crippen LogP contribution in [-0.2, 0) is 9.53 Å². The van der Waals surface area contributed by atoms with Crippen molar-refractivity contribution in [2.24, 2.45) is 0 Å². The second-order valence-electron chi connectivity index (χ2n) is 0.922. The predicted molar refractivity (Wildman–Crippen MR) is 23.5 cm³/mol. The second-order valence-corrected chi connectivity index (χ2v) is 0.922. The van der Waals surface area contributed by atoms with Crippen molar-refractivity contribution >= 4 is 5.97 Å². The van der Waals surface area contributed by atoms with Gasteiger partial charge in [-0.3, -0.25) is 0 Å². The fourth-order valence-electron chi connectivity index (χ4n) is 0.0988. The first-order valence-corrected chi connectivity index (χ1v) is 1.66. The first kappa shape index (κ1) is 6.50. The Kier molecular flexibility index (Phi) is 2.14. The molecule has 8 heavy (non-hydrogen) atoms. The SMILES string of the molecule is C=C(OC#N)C(=O)O. The summed E-state index contributed by atoms with van der Waals surface area (Å²) in [5, 5.41) is 15.6. The first-order chi connectivity index (χ1) is 3.68. The molecule has 0 aliphatic rings. The molecular weight excluding hydrogens is 110 g/mol. The molecule has 0 bridgehead atoms. The van der Waals surface area contributed by atoms with Crippen LogP contribution in [0.4, 0.5) is 0 Å². The van der Waals surface area contributed by atoms with E-state index in [1.807, 2.05) is 0 Å². The molecule has 0 saturated heterocycles. The van der Waals surface area contributed by atoms with Gasteiger partial charge in [0.1, 0.15) is 0 Å². The molecule has 0 aromatic heterocycles. The Morgan fingerprint density at radius 1 is 1.88 bits per heavy atom. The van der Waals surface area contributed by atoms with Gasteiger partial charge >= 0.3 is 5.97 Å². The van der Waals surface area contributed by atoms with Crippen molar-refractivity contribution < 1.29 is 14.6 Å². The summed E-state index contributed by atoms with van der Waals surface area (Å²) in [5.74, 6) is -1.89. The zero-order valence-electron chi connectivity index (χ0n) is 3.92. The van der Waals surface area contributed by atoms with Gasteiger partial charge in [0.25, 0.3) is 6.26 Å². The van der Waals surface area contributed by atoms with Gasteiger partial charge in [-0.05, 0) is 6.58 Å². The van der Waals surface area contributed by atoms with Gasteiger partial charge < -0.3 is 9.84 Å². The Morgan fingerprint density at radius 2 is 2.38 bits per heavy atom. The Bertz CT molecular complexity index is 155. The number of carbonyl (C=O) groups is 1. The molecule has 0 atom stereocenters. The molecule has 0 spiro atoms. The fourth-order valence-corrected chi connectivity index (χ4v) is 0.0988. The maximum absolute atomic E-state index is 9.71. The lowest BCUT2D eigenvalue weighted by Crippen LogP contribution is -1.99. The summed E-state index contributed by atoms with van der Waals surface area (Å²) in [6.45, 7) is 2.90. The highest BCUT2D eigenvalue weighted by atomic mass is 16.5. The van der Waals surface area contributed by atoms with E-state index in [-0.39, 0.29) is 0 Å². The number of hydrogen-bond donors (Lipinski definition) is 1. The number of carboxylic acids is 1. The maximum Gasteiger partial charge on any atom is 0.372 e. The van der Waals surface area contributed by atoms with Gasteiger partial charge in [-0.2, -0.15) is 0 Å². The molecule has 1 N–H and O–H groups in total. The molecule has 0 unspecified atom stereocenters. The number of rotatable bonds is 2. The lowest BCUT2D eigenvalue weighted by atomic mass is 10.6. The molecule has 0 aliphatic heterocycles. The topological polar surface area (TPSA) is 70.3 Å². The maximum atomic E-state index is 9.71. The number of aliphatic carboxylic acids is 1. The Balaban J connectivity index is 3.71. The van der Waals surface area contributed by atoms with Crippen LogP contribution >= 0.6 is 0 Å². The third-order valence-electron chi connectivity index (χ3n) is 0.407. The number of nitrogens with zero attached hydrogens (tertiary/aromatic N) is 1. The zero-order valence-corrected chi connectivity index (χ0v) is 3.92. The minimum atomic E-state index is -1.33. The molecule has 0 fully saturated rings. The average molecular weight is 113 g/mol. The standard InChI is InChI=1S/C4H3NO3/c1-3(4(6)7)8-2-5/h1H2,(H,6,7). The largest absolute Gasteiger partial charge is 0.475 e. The lowest BCUT2D eigenvalue weighted by molar-refractivity contribution is -0.135. The van der Waals surface area contributed by atoms with Gasteiger partial charge in [0.15, 0.2) is 0 Å². The molecular formula is C4H3NO3. The Hall–Kier alpha value is -1.50. The van der Waals surface area contributed by atoms with Crippen molar-refractivity contribution in [2.75, 3.05) is 0 Å². The van der Waals surface area contributed by atoms with Crippen molar-refractivity contribution in [2.45, 2.75) is 0 Å². The highest BCUT2D eigenvalue weighted by Gasteiger charge is 2.02. The third-order valence-corrected chi connectivity index (χ3v) is 0.407. The van der Waals surface area contributed by atoms with Gasteiger partial charge in [-0.25, -0.2) is 4.79 Å². The molecule has 0 aromatic rings. The van der Waals surface area contributed by atoms with Crippen LogP contribution in [0.15, 0.2) is 12.3 Å². The molecule has 0 aliphatic carbocycles. The zero-order chi connectivity index (χ0) is 6.57. The van der Waals surface area contributed by atoms with E-state index in [0.29, 0.717) is 0 Å². The summed E-state index contributed by atoms with van der Waals surface area (Å²) in [7, 11) is 0. The summed E-state index contributed by atoms with van der Waals surface area (Å²) in [4.78, 5) is 9.71. The number of hydrogen-bond acceptors (Lipinski definition) is 3. The number of ether oxygens (including phenoxy) is 1. The van der Waals surface area contributed by atoms with Gasteiger partial charge in [0.2, 0.25) is 5.76 Å². The monoisotopic (exact) mass is 113 g/mol. The van der Waals surface area contributed by atoms with E-state index >= 15 is 0 Å². The van der Waals surface area contributed by atoms with Crippen LogP contribution in [0, 0.1) is 11.5 Å². The average Bonchev–Trinajstić information content (AvgIpc) is 1.67. The van der Waals surface area contributed by atoms with Crippen molar-refractivity contribution in [1.82, 2.24) is 0 Å². The van der Waals surface area contributed by atoms with Crippen LogP contribution in [0.1, 0.15) is 0 Å². The van der Waals surface area contributed by atoms with Crippen LogP contribution < -0.4 is 0 Å². The second kappa shape index (κ2) is 2.64. The third kappa shape index (κ3) is 1.82. The van der Waals surface area contributed by atoms with Gasteiger partial charge in [0.05, 0.1) is 0 Å². The smallest absolute Gasteiger partial charge is 0.372 e. The normalized spacial score (nSPS) is 6.88. The summed E-state index contributed by atoms with van der Waals surface area (Å²) >= 11 is 0. The van der Waals surface area contributed by atoms with Crippen LogP contribution in [0.2, 0.25) is 0 Å². The van der Waals surface area contributed by atoms with E-state index in [4.69, 9.17) is 10.4 Å². The number of carboxylic acid groups (broad SMARTS) is 1. The van der Waals surface area contributed by atoms with E-state index in [9.17, 15) is 4.79 Å². The van der Waals surface area contributed by atoms with E-state index in [2.05, 4.69) is 11.3 Å². The molecule has 0 amide bonds. The highest BCUT2D eigenvalue weighted by molar-refractivity contribution is 5.83. The van der Waals surface area contributed by atoms with Crippen LogP contribution in [0.3, 0.4) is 0 Å². The molecule has 42 valence electrons. The predicted octanol–water partition coefficient (Wildman–Crippen LogP) is 0.0824. The summed E-state index contributed by atoms with van der Waals surface area (Å²) in [5.41, 5.74) is 0.